The summed E-state index contributed by atoms with van der Waals surface area (Å²) in [7, 11) is 1.82. The van der Waals surface area contributed by atoms with E-state index in [9.17, 15) is 4.79 Å². The van der Waals surface area contributed by atoms with Crippen LogP contribution < -0.4 is 15.4 Å². The van der Waals surface area contributed by atoms with Crippen molar-refractivity contribution in [3.8, 4) is 5.75 Å². The molecule has 2 N–H and O–H groups in total. The molecule has 2 aromatic carbocycles. The summed E-state index contributed by atoms with van der Waals surface area (Å²) < 4.78 is 5.77. The number of carbonyl (C=O) groups is 1. The van der Waals surface area contributed by atoms with Crippen molar-refractivity contribution in [3.63, 3.8) is 0 Å². The van der Waals surface area contributed by atoms with Gasteiger partial charge in [-0.2, -0.15) is 0 Å². The molecule has 0 aliphatic heterocycles. The molecular weight excluding hydrogens is 312 g/mol. The first kappa shape index (κ1) is 17.3. The van der Waals surface area contributed by atoms with Gasteiger partial charge in [-0.1, -0.05) is 23.7 Å². The van der Waals surface area contributed by atoms with E-state index in [2.05, 4.69) is 10.6 Å². The fraction of sp³-hybridized carbons (Fsp3) is 0.278. The molecule has 0 aliphatic rings. The van der Waals surface area contributed by atoms with Crippen LogP contribution in [-0.4, -0.2) is 19.5 Å². The van der Waals surface area contributed by atoms with Crippen molar-refractivity contribution in [1.82, 2.24) is 5.32 Å². The average Bonchev–Trinajstić information content (AvgIpc) is 2.53. The van der Waals surface area contributed by atoms with Crippen LogP contribution in [0.3, 0.4) is 0 Å². The van der Waals surface area contributed by atoms with Crippen molar-refractivity contribution < 1.29 is 9.53 Å². The Morgan fingerprint density at radius 3 is 2.74 bits per heavy atom. The van der Waals surface area contributed by atoms with Crippen LogP contribution >= 0.6 is 11.6 Å². The third-order valence-electron chi connectivity index (χ3n) is 3.37. The molecule has 0 bridgehead atoms. The van der Waals surface area contributed by atoms with Gasteiger partial charge in [-0.3, -0.25) is 4.79 Å². The molecule has 2 rings (SSSR count). The van der Waals surface area contributed by atoms with Crippen molar-refractivity contribution in [2.45, 2.75) is 20.0 Å². The lowest BCUT2D eigenvalue weighted by Crippen LogP contribution is -2.19. The van der Waals surface area contributed by atoms with Gasteiger partial charge >= 0.3 is 0 Å². The molecule has 0 radical (unpaired) electrons. The topological polar surface area (TPSA) is 50.4 Å². The molecule has 0 fully saturated rings. The molecule has 0 atom stereocenters. The van der Waals surface area contributed by atoms with Gasteiger partial charge in [0.25, 0.3) is 0 Å². The molecule has 4 nitrogen and oxygen atoms in total. The highest BCUT2D eigenvalue weighted by molar-refractivity contribution is 6.30. The second kappa shape index (κ2) is 8.56. The Balaban J connectivity index is 1.94. The number of rotatable bonds is 7. The normalized spacial score (nSPS) is 10.4. The summed E-state index contributed by atoms with van der Waals surface area (Å²) in [5, 5.41) is 6.55. The predicted molar refractivity (Wildman–Crippen MR) is 94.1 cm³/mol. The highest BCUT2D eigenvalue weighted by atomic mass is 35.5. The van der Waals surface area contributed by atoms with Gasteiger partial charge in [-0.15, -0.1) is 0 Å². The zero-order valence-electron chi connectivity index (χ0n) is 13.4. The van der Waals surface area contributed by atoms with Crippen LogP contribution in [-0.2, 0) is 11.4 Å². The van der Waals surface area contributed by atoms with Crippen LogP contribution in [0.2, 0.25) is 5.02 Å². The number of hydrogen-bond acceptors (Lipinski definition) is 3. The number of amides is 1. The Morgan fingerprint density at radius 1 is 1.22 bits per heavy atom. The molecule has 1 amide bonds. The van der Waals surface area contributed by atoms with Gasteiger partial charge in [-0.25, -0.2) is 0 Å². The lowest BCUT2D eigenvalue weighted by atomic mass is 10.2. The van der Waals surface area contributed by atoms with E-state index < -0.39 is 0 Å². The van der Waals surface area contributed by atoms with Crippen molar-refractivity contribution >= 4 is 23.2 Å². The number of nitrogens with one attached hydrogen (secondary N) is 2. The summed E-state index contributed by atoms with van der Waals surface area (Å²) in [4.78, 5) is 11.8. The molecular formula is C18H21ClN2O2. The molecule has 122 valence electrons. The Hall–Kier alpha value is -2.04. The second-order valence-corrected chi connectivity index (χ2v) is 5.73. The molecule has 0 heterocycles. The van der Waals surface area contributed by atoms with Gasteiger partial charge in [0.1, 0.15) is 12.4 Å². The quantitative estimate of drug-likeness (QED) is 0.811. The maximum absolute atomic E-state index is 11.8. The van der Waals surface area contributed by atoms with E-state index in [0.29, 0.717) is 24.6 Å². The summed E-state index contributed by atoms with van der Waals surface area (Å²) in [5.41, 5.74) is 2.78. The number of hydrogen-bond donors (Lipinski definition) is 2. The number of carbonyl (C=O) groups excluding carboxylic acids is 1. The first-order valence-electron chi connectivity index (χ1n) is 7.51. The van der Waals surface area contributed by atoms with Crippen LogP contribution in [0.15, 0.2) is 42.5 Å². The van der Waals surface area contributed by atoms with E-state index in [0.717, 1.165) is 22.6 Å². The highest BCUT2D eigenvalue weighted by Crippen LogP contribution is 2.22. The molecule has 0 aromatic heterocycles. The van der Waals surface area contributed by atoms with Crippen LogP contribution in [0.1, 0.15) is 17.5 Å². The maximum Gasteiger partial charge on any atom is 0.225 e. The maximum atomic E-state index is 11.8. The van der Waals surface area contributed by atoms with Gasteiger partial charge in [0.05, 0.1) is 0 Å². The predicted octanol–water partition coefficient (Wildman–Crippen LogP) is 3.78. The standard InChI is InChI=1S/C18H21ClN2O2/c1-13-10-16(23-12-14-4-3-5-15(19)11-14)6-7-17(13)21-18(22)8-9-20-2/h3-7,10-11,20H,8-9,12H2,1-2H3,(H,21,22). The first-order valence-corrected chi connectivity index (χ1v) is 7.88. The van der Waals surface area contributed by atoms with Crippen molar-refractivity contribution in [3.05, 3.63) is 58.6 Å². The number of ether oxygens (including phenoxy) is 1. The Labute approximate surface area is 141 Å². The highest BCUT2D eigenvalue weighted by Gasteiger charge is 2.06. The Morgan fingerprint density at radius 2 is 2.04 bits per heavy atom. The van der Waals surface area contributed by atoms with E-state index in [1.807, 2.05) is 56.4 Å². The molecule has 0 unspecified atom stereocenters. The zero-order valence-corrected chi connectivity index (χ0v) is 14.1. The second-order valence-electron chi connectivity index (χ2n) is 5.30. The van der Waals surface area contributed by atoms with E-state index >= 15 is 0 Å². The van der Waals surface area contributed by atoms with Crippen molar-refractivity contribution in [1.29, 1.82) is 0 Å². The Bertz CT molecular complexity index is 674. The minimum Gasteiger partial charge on any atom is -0.489 e. The third kappa shape index (κ3) is 5.58. The van der Waals surface area contributed by atoms with Gasteiger partial charge < -0.3 is 15.4 Å². The van der Waals surface area contributed by atoms with Crippen LogP contribution in [0.4, 0.5) is 5.69 Å². The number of anilines is 1. The van der Waals surface area contributed by atoms with E-state index in [4.69, 9.17) is 16.3 Å². The van der Waals surface area contributed by atoms with E-state index in [-0.39, 0.29) is 5.91 Å². The minimum absolute atomic E-state index is 0.00459. The fourth-order valence-electron chi connectivity index (χ4n) is 2.11. The summed E-state index contributed by atoms with van der Waals surface area (Å²) in [6.07, 6.45) is 0.447. The van der Waals surface area contributed by atoms with Crippen molar-refractivity contribution in [2.24, 2.45) is 0 Å². The summed E-state index contributed by atoms with van der Waals surface area (Å²) in [6, 6.07) is 13.2. The molecule has 23 heavy (non-hydrogen) atoms. The minimum atomic E-state index is -0.00459. The molecule has 2 aromatic rings. The molecule has 5 heteroatoms. The number of halogens is 1. The summed E-state index contributed by atoms with van der Waals surface area (Å²) in [5.74, 6) is 0.755. The van der Waals surface area contributed by atoms with Crippen LogP contribution in [0.5, 0.6) is 5.75 Å². The van der Waals surface area contributed by atoms with Crippen molar-refractivity contribution in [2.75, 3.05) is 18.9 Å². The SMILES string of the molecule is CNCCC(=O)Nc1ccc(OCc2cccc(Cl)c2)cc1C. The number of benzene rings is 2. The Kier molecular flexibility index (Phi) is 6.44. The number of aryl methyl sites for hydroxylation is 1. The van der Waals surface area contributed by atoms with E-state index in [1.165, 1.54) is 0 Å². The zero-order chi connectivity index (χ0) is 16.7. The molecule has 0 spiro atoms. The smallest absolute Gasteiger partial charge is 0.225 e. The first-order chi connectivity index (χ1) is 11.1. The lowest BCUT2D eigenvalue weighted by Gasteiger charge is -2.11. The largest absolute Gasteiger partial charge is 0.489 e. The van der Waals surface area contributed by atoms with Gasteiger partial charge in [0.2, 0.25) is 5.91 Å². The molecule has 0 saturated heterocycles. The molecule has 0 saturated carbocycles. The lowest BCUT2D eigenvalue weighted by molar-refractivity contribution is -0.116. The van der Waals surface area contributed by atoms with Gasteiger partial charge in [-0.05, 0) is 55.4 Å². The third-order valence-corrected chi connectivity index (χ3v) is 3.60. The summed E-state index contributed by atoms with van der Waals surface area (Å²) >= 11 is 5.96. The van der Waals surface area contributed by atoms with E-state index in [1.54, 1.807) is 0 Å². The molecule has 0 aliphatic carbocycles. The van der Waals surface area contributed by atoms with Gasteiger partial charge in [0, 0.05) is 23.7 Å². The monoisotopic (exact) mass is 332 g/mol. The summed E-state index contributed by atoms with van der Waals surface area (Å²) in [6.45, 7) is 3.06. The fourth-order valence-corrected chi connectivity index (χ4v) is 2.32. The van der Waals surface area contributed by atoms with Crippen LogP contribution in [0.25, 0.3) is 0 Å². The van der Waals surface area contributed by atoms with Gasteiger partial charge in [0.15, 0.2) is 0 Å². The van der Waals surface area contributed by atoms with Crippen LogP contribution in [0, 0.1) is 6.92 Å². The average molecular weight is 333 g/mol.